The smallest absolute Gasteiger partial charge is 0.255 e. The number of anilines is 1. The number of aromatic nitrogens is 3. The van der Waals surface area contributed by atoms with E-state index in [-0.39, 0.29) is 5.91 Å². The average molecular weight is 402 g/mol. The minimum Gasteiger partial charge on any atom is -0.497 e. The number of benzene rings is 3. The molecule has 4 aromatic rings. The van der Waals surface area contributed by atoms with E-state index >= 15 is 0 Å². The van der Waals surface area contributed by atoms with Gasteiger partial charge in [-0.2, -0.15) is 0 Å². The Labute approximate surface area is 174 Å². The number of carbonyl (C=O) groups is 1. The van der Waals surface area contributed by atoms with Crippen LogP contribution in [-0.4, -0.2) is 35.1 Å². The first-order valence-electron chi connectivity index (χ1n) is 9.49. The van der Waals surface area contributed by atoms with Crippen molar-refractivity contribution < 1.29 is 14.3 Å². The van der Waals surface area contributed by atoms with Crippen LogP contribution in [0.1, 0.15) is 21.5 Å². The van der Waals surface area contributed by atoms with Crippen molar-refractivity contribution in [1.82, 2.24) is 15.0 Å². The first-order valence-corrected chi connectivity index (χ1v) is 9.49. The van der Waals surface area contributed by atoms with Crippen molar-refractivity contribution in [3.8, 4) is 11.5 Å². The first kappa shape index (κ1) is 19.4. The third-order valence-corrected chi connectivity index (χ3v) is 4.84. The molecule has 0 radical (unpaired) electrons. The Morgan fingerprint density at radius 3 is 2.33 bits per heavy atom. The summed E-state index contributed by atoms with van der Waals surface area (Å²) in [7, 11) is 3.13. The maximum absolute atomic E-state index is 12.7. The quantitative estimate of drug-likeness (QED) is 0.526. The number of nitrogens with zero attached hydrogens (tertiary/aromatic N) is 3. The van der Waals surface area contributed by atoms with Crippen LogP contribution in [0.5, 0.6) is 11.5 Å². The molecule has 0 unspecified atom stereocenters. The van der Waals surface area contributed by atoms with Gasteiger partial charge in [-0.05, 0) is 30.7 Å². The van der Waals surface area contributed by atoms with Crippen molar-refractivity contribution in [2.45, 2.75) is 13.5 Å². The minimum atomic E-state index is -0.250. The molecular weight excluding hydrogens is 380 g/mol. The highest BCUT2D eigenvalue weighted by Crippen LogP contribution is 2.26. The molecule has 0 fully saturated rings. The van der Waals surface area contributed by atoms with Gasteiger partial charge in [-0.3, -0.25) is 4.79 Å². The lowest BCUT2D eigenvalue weighted by Gasteiger charge is -2.10. The molecule has 152 valence electrons. The molecule has 1 amide bonds. The van der Waals surface area contributed by atoms with Crippen molar-refractivity contribution in [3.63, 3.8) is 0 Å². The molecule has 3 aromatic carbocycles. The fourth-order valence-electron chi connectivity index (χ4n) is 3.18. The predicted octanol–water partition coefficient (Wildman–Crippen LogP) is 4.06. The van der Waals surface area contributed by atoms with E-state index in [9.17, 15) is 4.79 Å². The fourth-order valence-corrected chi connectivity index (χ4v) is 3.18. The van der Waals surface area contributed by atoms with Crippen molar-refractivity contribution in [1.29, 1.82) is 0 Å². The zero-order valence-corrected chi connectivity index (χ0v) is 17.0. The Hall–Kier alpha value is -3.87. The molecule has 30 heavy (non-hydrogen) atoms. The molecule has 4 rings (SSSR count). The van der Waals surface area contributed by atoms with Gasteiger partial charge in [0.1, 0.15) is 17.0 Å². The molecule has 1 N–H and O–H groups in total. The molecule has 0 aliphatic heterocycles. The van der Waals surface area contributed by atoms with Gasteiger partial charge in [-0.1, -0.05) is 35.0 Å². The van der Waals surface area contributed by atoms with E-state index in [0.717, 1.165) is 11.1 Å². The summed E-state index contributed by atoms with van der Waals surface area (Å²) < 4.78 is 12.3. The zero-order chi connectivity index (χ0) is 21.1. The summed E-state index contributed by atoms with van der Waals surface area (Å²) in [5.74, 6) is 0.943. The normalized spacial score (nSPS) is 10.8. The standard InChI is InChI=1S/C23H22N4O3/c1-15-4-6-16(7-5-15)14-27-22-9-8-17(10-21(22)25-26-27)23(28)24-18-11-19(29-2)13-20(12-18)30-3/h4-13H,14H2,1-3H3,(H,24,28). The highest BCUT2D eigenvalue weighted by molar-refractivity contribution is 6.06. The van der Waals surface area contributed by atoms with Gasteiger partial charge >= 0.3 is 0 Å². The van der Waals surface area contributed by atoms with Crippen LogP contribution in [0, 0.1) is 6.92 Å². The van der Waals surface area contributed by atoms with Crippen LogP contribution in [0.2, 0.25) is 0 Å². The zero-order valence-electron chi connectivity index (χ0n) is 17.0. The van der Waals surface area contributed by atoms with Crippen molar-refractivity contribution >= 4 is 22.6 Å². The lowest BCUT2D eigenvalue weighted by Crippen LogP contribution is -2.12. The molecule has 7 nitrogen and oxygen atoms in total. The fraction of sp³-hybridized carbons (Fsp3) is 0.174. The van der Waals surface area contributed by atoms with Gasteiger partial charge in [-0.25, -0.2) is 4.68 Å². The number of nitrogens with one attached hydrogen (secondary N) is 1. The summed E-state index contributed by atoms with van der Waals surface area (Å²) in [6, 6.07) is 18.9. The predicted molar refractivity (Wildman–Crippen MR) is 115 cm³/mol. The van der Waals surface area contributed by atoms with Gasteiger partial charge in [0.25, 0.3) is 5.91 Å². The Balaban J connectivity index is 1.55. The highest BCUT2D eigenvalue weighted by atomic mass is 16.5. The number of hydrogen-bond donors (Lipinski definition) is 1. The number of fused-ring (bicyclic) bond motifs is 1. The van der Waals surface area contributed by atoms with Crippen LogP contribution in [0.15, 0.2) is 60.7 Å². The van der Waals surface area contributed by atoms with E-state index in [0.29, 0.717) is 34.8 Å². The summed E-state index contributed by atoms with van der Waals surface area (Å²) in [5.41, 5.74) is 4.96. The molecule has 0 atom stereocenters. The molecule has 7 heteroatoms. The number of carbonyl (C=O) groups excluding carboxylic acids is 1. The summed E-state index contributed by atoms with van der Waals surface area (Å²) in [5, 5.41) is 11.3. The molecule has 0 aliphatic rings. The number of rotatable bonds is 6. The van der Waals surface area contributed by atoms with E-state index in [2.05, 4.69) is 46.8 Å². The molecule has 0 aliphatic carbocycles. The van der Waals surface area contributed by atoms with Gasteiger partial charge in [0.2, 0.25) is 0 Å². The monoisotopic (exact) mass is 402 g/mol. The molecular formula is C23H22N4O3. The van der Waals surface area contributed by atoms with E-state index in [1.165, 1.54) is 5.56 Å². The van der Waals surface area contributed by atoms with E-state index < -0.39 is 0 Å². The second kappa shape index (κ2) is 8.24. The van der Waals surface area contributed by atoms with E-state index in [4.69, 9.17) is 9.47 Å². The van der Waals surface area contributed by atoms with Gasteiger partial charge in [0.15, 0.2) is 0 Å². The summed E-state index contributed by atoms with van der Waals surface area (Å²) in [6.45, 7) is 2.68. The Bertz CT molecular complexity index is 1180. The second-order valence-corrected chi connectivity index (χ2v) is 6.99. The number of methoxy groups -OCH3 is 2. The second-order valence-electron chi connectivity index (χ2n) is 6.99. The minimum absolute atomic E-state index is 0.250. The van der Waals surface area contributed by atoms with Gasteiger partial charge in [-0.15, -0.1) is 5.10 Å². The van der Waals surface area contributed by atoms with Crippen LogP contribution in [-0.2, 0) is 6.54 Å². The third-order valence-electron chi connectivity index (χ3n) is 4.84. The van der Waals surface area contributed by atoms with Crippen LogP contribution in [0.3, 0.4) is 0 Å². The highest BCUT2D eigenvalue weighted by Gasteiger charge is 2.12. The lowest BCUT2D eigenvalue weighted by atomic mass is 10.1. The summed E-state index contributed by atoms with van der Waals surface area (Å²) in [6.07, 6.45) is 0. The summed E-state index contributed by atoms with van der Waals surface area (Å²) >= 11 is 0. The molecule has 0 saturated heterocycles. The Morgan fingerprint density at radius 2 is 1.67 bits per heavy atom. The van der Waals surface area contributed by atoms with E-state index in [1.54, 1.807) is 44.6 Å². The van der Waals surface area contributed by atoms with Crippen LogP contribution in [0.4, 0.5) is 5.69 Å². The van der Waals surface area contributed by atoms with Crippen LogP contribution in [0.25, 0.3) is 11.0 Å². The van der Waals surface area contributed by atoms with Gasteiger partial charge in [0.05, 0.1) is 26.3 Å². The van der Waals surface area contributed by atoms with Crippen LogP contribution < -0.4 is 14.8 Å². The lowest BCUT2D eigenvalue weighted by molar-refractivity contribution is 0.102. The van der Waals surface area contributed by atoms with Crippen molar-refractivity contribution in [3.05, 3.63) is 77.4 Å². The summed E-state index contributed by atoms with van der Waals surface area (Å²) in [4.78, 5) is 12.7. The maximum Gasteiger partial charge on any atom is 0.255 e. The SMILES string of the molecule is COc1cc(NC(=O)c2ccc3c(c2)nnn3Cc2ccc(C)cc2)cc(OC)c1. The largest absolute Gasteiger partial charge is 0.497 e. The number of amides is 1. The number of hydrogen-bond acceptors (Lipinski definition) is 5. The molecule has 1 heterocycles. The van der Waals surface area contributed by atoms with Gasteiger partial charge < -0.3 is 14.8 Å². The molecule has 0 spiro atoms. The molecule has 0 bridgehead atoms. The van der Waals surface area contributed by atoms with Crippen LogP contribution >= 0.6 is 0 Å². The Morgan fingerprint density at radius 1 is 0.967 bits per heavy atom. The topological polar surface area (TPSA) is 78.3 Å². The average Bonchev–Trinajstić information content (AvgIpc) is 3.17. The first-order chi connectivity index (χ1) is 14.6. The van der Waals surface area contributed by atoms with Crippen molar-refractivity contribution in [2.24, 2.45) is 0 Å². The molecule has 0 saturated carbocycles. The Kier molecular flexibility index (Phi) is 5.34. The van der Waals surface area contributed by atoms with Crippen molar-refractivity contribution in [2.75, 3.05) is 19.5 Å². The third kappa shape index (κ3) is 4.10. The van der Waals surface area contributed by atoms with Gasteiger partial charge in [0, 0.05) is 29.4 Å². The maximum atomic E-state index is 12.7. The number of aryl methyl sites for hydroxylation is 1. The number of ether oxygens (including phenoxy) is 2. The molecule has 1 aromatic heterocycles. The van der Waals surface area contributed by atoms with E-state index in [1.807, 2.05) is 10.7 Å².